The number of amides is 1. The molecule has 176 valence electrons. The van der Waals surface area contributed by atoms with Crippen molar-refractivity contribution in [2.45, 2.75) is 18.4 Å². The molecule has 1 aliphatic heterocycles. The van der Waals surface area contributed by atoms with Crippen LogP contribution in [0.1, 0.15) is 6.92 Å². The second-order valence-corrected chi connectivity index (χ2v) is 10.4. The third-order valence-electron chi connectivity index (χ3n) is 5.61. The average Bonchev–Trinajstić information content (AvgIpc) is 3.16. The molecule has 0 N–H and O–H groups in total. The summed E-state index contributed by atoms with van der Waals surface area (Å²) < 4.78 is 40.6. The van der Waals surface area contributed by atoms with Crippen molar-refractivity contribution in [3.63, 3.8) is 0 Å². The molecule has 2 aromatic carbocycles. The van der Waals surface area contributed by atoms with E-state index in [1.54, 1.807) is 53.0 Å². The Labute approximate surface area is 195 Å². The number of aryl methyl sites for hydroxylation is 1. The van der Waals surface area contributed by atoms with Crippen LogP contribution < -0.4 is 14.3 Å². The van der Waals surface area contributed by atoms with Crippen molar-refractivity contribution in [2.24, 2.45) is 0 Å². The van der Waals surface area contributed by atoms with Crippen molar-refractivity contribution in [1.82, 2.24) is 13.8 Å². The van der Waals surface area contributed by atoms with Crippen LogP contribution >= 0.6 is 11.3 Å². The van der Waals surface area contributed by atoms with E-state index < -0.39 is 10.0 Å². The summed E-state index contributed by atoms with van der Waals surface area (Å²) in [6, 6.07) is 11.7. The summed E-state index contributed by atoms with van der Waals surface area (Å²) in [6.45, 7) is 3.24. The second kappa shape index (κ2) is 9.54. The van der Waals surface area contributed by atoms with E-state index in [2.05, 4.69) is 0 Å². The number of nitrogens with zero attached hydrogens (tertiary/aromatic N) is 3. The predicted octanol–water partition coefficient (Wildman–Crippen LogP) is 2.00. The lowest BCUT2D eigenvalue weighted by Crippen LogP contribution is -2.51. The van der Waals surface area contributed by atoms with Crippen LogP contribution in [0.2, 0.25) is 0 Å². The summed E-state index contributed by atoms with van der Waals surface area (Å²) in [4.78, 5) is 26.2. The minimum atomic E-state index is -3.73. The molecule has 2 heterocycles. The van der Waals surface area contributed by atoms with Crippen molar-refractivity contribution in [3.05, 3.63) is 52.1 Å². The molecule has 1 saturated heterocycles. The zero-order chi connectivity index (χ0) is 23.6. The number of hydrogen-bond donors (Lipinski definition) is 0. The molecule has 0 spiro atoms. The normalized spacial score (nSPS) is 15.0. The Kier molecular flexibility index (Phi) is 6.73. The minimum Gasteiger partial charge on any atom is -0.497 e. The number of carbonyl (C=O) groups excluding carboxylic acids is 1. The van der Waals surface area contributed by atoms with Crippen LogP contribution in [0.25, 0.3) is 10.2 Å². The molecule has 0 saturated carbocycles. The first-order chi connectivity index (χ1) is 15.8. The molecule has 4 rings (SSSR count). The summed E-state index contributed by atoms with van der Waals surface area (Å²) in [7, 11) is -2.15. The number of methoxy groups -OCH3 is 1. The maximum Gasteiger partial charge on any atom is 0.308 e. The van der Waals surface area contributed by atoms with Gasteiger partial charge in [0.05, 0.1) is 22.2 Å². The van der Waals surface area contributed by atoms with Crippen LogP contribution in [-0.4, -0.2) is 68.0 Å². The van der Waals surface area contributed by atoms with Gasteiger partial charge in [0.25, 0.3) is 5.91 Å². The van der Waals surface area contributed by atoms with Crippen LogP contribution in [0.5, 0.6) is 11.5 Å². The van der Waals surface area contributed by atoms with Gasteiger partial charge in [-0.05, 0) is 49.4 Å². The Bertz CT molecular complexity index is 1310. The maximum atomic E-state index is 13.1. The Morgan fingerprint density at radius 3 is 2.33 bits per heavy atom. The lowest BCUT2D eigenvalue weighted by Gasteiger charge is -2.34. The van der Waals surface area contributed by atoms with Gasteiger partial charge in [-0.1, -0.05) is 11.3 Å². The lowest BCUT2D eigenvalue weighted by molar-refractivity contribution is -0.134. The number of hydrogen-bond acceptors (Lipinski definition) is 7. The van der Waals surface area contributed by atoms with E-state index in [1.165, 1.54) is 10.4 Å². The highest BCUT2D eigenvalue weighted by Crippen LogP contribution is 2.25. The maximum absolute atomic E-state index is 13.1. The molecular formula is C22H25N3O6S2. The van der Waals surface area contributed by atoms with Gasteiger partial charge in [-0.2, -0.15) is 4.31 Å². The molecule has 0 atom stereocenters. The van der Waals surface area contributed by atoms with Crippen LogP contribution in [0.15, 0.2) is 52.2 Å². The van der Waals surface area contributed by atoms with E-state index in [4.69, 9.17) is 9.47 Å². The highest BCUT2D eigenvalue weighted by molar-refractivity contribution is 7.89. The first-order valence-corrected chi connectivity index (χ1v) is 12.8. The second-order valence-electron chi connectivity index (χ2n) is 7.49. The number of aromatic nitrogens is 1. The molecule has 1 aromatic heterocycles. The molecule has 0 bridgehead atoms. The zero-order valence-corrected chi connectivity index (χ0v) is 20.0. The fourth-order valence-corrected chi connectivity index (χ4v) is 6.26. The molecule has 9 nitrogen and oxygen atoms in total. The van der Waals surface area contributed by atoms with Gasteiger partial charge in [-0.3, -0.25) is 14.2 Å². The average molecular weight is 492 g/mol. The molecular weight excluding hydrogens is 466 g/mol. The number of ether oxygens (including phenoxy) is 2. The van der Waals surface area contributed by atoms with Gasteiger partial charge in [0, 0.05) is 32.7 Å². The van der Waals surface area contributed by atoms with Crippen molar-refractivity contribution in [3.8, 4) is 11.5 Å². The quantitative estimate of drug-likeness (QED) is 0.502. The highest BCUT2D eigenvalue weighted by Gasteiger charge is 2.30. The smallest absolute Gasteiger partial charge is 0.308 e. The lowest BCUT2D eigenvalue weighted by atomic mass is 10.3. The van der Waals surface area contributed by atoms with Gasteiger partial charge >= 0.3 is 4.87 Å². The number of fused-ring (bicyclic) bond motifs is 1. The molecule has 3 aromatic rings. The molecule has 0 aliphatic carbocycles. The van der Waals surface area contributed by atoms with E-state index >= 15 is 0 Å². The largest absolute Gasteiger partial charge is 0.497 e. The molecule has 0 radical (unpaired) electrons. The SMILES string of the molecule is CCn1c(=O)sc2cc(S(=O)(=O)N3CCN(C(=O)COc4ccc(OC)cc4)CC3)ccc21. The standard InChI is InChI=1S/C22H25N3O6S2/c1-3-25-19-9-8-18(14-20(19)32-22(25)27)33(28,29)24-12-10-23(11-13-24)21(26)15-31-17-6-4-16(30-2)5-7-17/h4-9,14H,3,10-13,15H2,1-2H3. The number of rotatable bonds is 7. The number of benzene rings is 2. The van der Waals surface area contributed by atoms with E-state index in [9.17, 15) is 18.0 Å². The van der Waals surface area contributed by atoms with Gasteiger partial charge in [0.2, 0.25) is 10.0 Å². The first-order valence-electron chi connectivity index (χ1n) is 10.5. The fraction of sp³-hybridized carbons (Fsp3) is 0.364. The topological polar surface area (TPSA) is 98.2 Å². The summed E-state index contributed by atoms with van der Waals surface area (Å²) >= 11 is 1.04. The van der Waals surface area contributed by atoms with Crippen LogP contribution in [0, 0.1) is 0 Å². The molecule has 1 amide bonds. The fourth-order valence-electron chi connectivity index (χ4n) is 3.74. The number of carbonyl (C=O) groups is 1. The van der Waals surface area contributed by atoms with Crippen molar-refractivity contribution in [2.75, 3.05) is 39.9 Å². The van der Waals surface area contributed by atoms with Gasteiger partial charge in [0.1, 0.15) is 11.5 Å². The Hall–Kier alpha value is -2.89. The van der Waals surface area contributed by atoms with E-state index in [-0.39, 0.29) is 48.5 Å². The summed E-state index contributed by atoms with van der Waals surface area (Å²) in [6.07, 6.45) is 0. The summed E-state index contributed by atoms with van der Waals surface area (Å²) in [5, 5.41) is 0. The Morgan fingerprint density at radius 2 is 1.70 bits per heavy atom. The first kappa shape index (κ1) is 23.3. The predicted molar refractivity (Wildman–Crippen MR) is 126 cm³/mol. The third kappa shape index (κ3) is 4.75. The minimum absolute atomic E-state index is 0.106. The number of thiazole rings is 1. The summed E-state index contributed by atoms with van der Waals surface area (Å²) in [5.74, 6) is 1.05. The Morgan fingerprint density at radius 1 is 1.03 bits per heavy atom. The number of piperazine rings is 1. The van der Waals surface area contributed by atoms with E-state index in [0.29, 0.717) is 22.7 Å². The van der Waals surface area contributed by atoms with Crippen molar-refractivity contribution in [1.29, 1.82) is 0 Å². The highest BCUT2D eigenvalue weighted by atomic mass is 32.2. The zero-order valence-electron chi connectivity index (χ0n) is 18.4. The van der Waals surface area contributed by atoms with E-state index in [0.717, 1.165) is 16.9 Å². The van der Waals surface area contributed by atoms with Crippen molar-refractivity contribution >= 4 is 37.5 Å². The van der Waals surface area contributed by atoms with Gasteiger partial charge in [-0.15, -0.1) is 0 Å². The van der Waals surface area contributed by atoms with Crippen LogP contribution in [0.3, 0.4) is 0 Å². The molecule has 0 unspecified atom stereocenters. The third-order valence-corrected chi connectivity index (χ3v) is 8.44. The summed E-state index contributed by atoms with van der Waals surface area (Å²) in [5.41, 5.74) is 0.735. The number of sulfonamides is 1. The van der Waals surface area contributed by atoms with Gasteiger partial charge < -0.3 is 14.4 Å². The monoisotopic (exact) mass is 491 g/mol. The Balaban J connectivity index is 1.37. The van der Waals surface area contributed by atoms with Gasteiger partial charge in [-0.25, -0.2) is 8.42 Å². The van der Waals surface area contributed by atoms with Crippen molar-refractivity contribution < 1.29 is 22.7 Å². The van der Waals surface area contributed by atoms with Crippen LogP contribution in [-0.2, 0) is 21.4 Å². The molecule has 11 heteroatoms. The van der Waals surface area contributed by atoms with Crippen LogP contribution in [0.4, 0.5) is 0 Å². The molecule has 1 aliphatic rings. The van der Waals surface area contributed by atoms with E-state index in [1.807, 2.05) is 6.92 Å². The molecule has 33 heavy (non-hydrogen) atoms. The molecule has 1 fully saturated rings. The van der Waals surface area contributed by atoms with Gasteiger partial charge in [0.15, 0.2) is 6.61 Å².